The molecular formula is C17H31N4O7S+. The van der Waals surface area contributed by atoms with Gasteiger partial charge in [0.2, 0.25) is 0 Å². The molecular weight excluding hydrogens is 404 g/mol. The number of aliphatic carboxylic acids is 1. The number of nitrogens with one attached hydrogen (secondary N) is 1. The third kappa shape index (κ3) is 5.67. The van der Waals surface area contributed by atoms with Crippen molar-refractivity contribution in [3.05, 3.63) is 11.9 Å². The molecule has 166 valence electrons. The van der Waals surface area contributed by atoms with E-state index in [9.17, 15) is 30.3 Å². The van der Waals surface area contributed by atoms with E-state index in [1.807, 2.05) is 0 Å². The van der Waals surface area contributed by atoms with Gasteiger partial charge in [-0.1, -0.05) is 11.8 Å². The minimum Gasteiger partial charge on any atom is -0.544 e. The highest BCUT2D eigenvalue weighted by atomic mass is 32.2. The molecule has 11 nitrogen and oxygen atoms in total. The zero-order valence-corrected chi connectivity index (χ0v) is 17.7. The van der Waals surface area contributed by atoms with E-state index in [0.717, 1.165) is 11.8 Å². The second-order valence-corrected chi connectivity index (χ2v) is 9.42. The molecule has 0 bridgehead atoms. The minimum absolute atomic E-state index is 0.167. The standard InChI is InChI=1S/C17H30N4O7S/c1-7(22)10(18)14-12(24)11(23)13(25)16(28-14)29-17-19-6-8(20-17)5-9(15(26)27)21(2,3)4/h6-7,9-14,16,22-25H,5,18H2,1-4H3,(H-,19,20,26,27)/p+1/t7-,9+,10-,11+,12-,13-,14-,16-/m1/s1. The van der Waals surface area contributed by atoms with Gasteiger partial charge in [-0.3, -0.25) is 0 Å². The Morgan fingerprint density at radius 2 is 1.97 bits per heavy atom. The summed E-state index contributed by atoms with van der Waals surface area (Å²) in [5.74, 6) is -1.17. The van der Waals surface area contributed by atoms with E-state index in [1.165, 1.54) is 13.1 Å². The number of hydrogen-bond donors (Lipinski definition) is 6. The average Bonchev–Trinajstić information content (AvgIpc) is 3.05. The van der Waals surface area contributed by atoms with Crippen molar-refractivity contribution in [3.8, 4) is 0 Å². The fourth-order valence-corrected chi connectivity index (χ4v) is 4.10. The van der Waals surface area contributed by atoms with Crippen LogP contribution in [0.5, 0.6) is 0 Å². The molecule has 1 aliphatic heterocycles. The van der Waals surface area contributed by atoms with E-state index in [4.69, 9.17) is 4.74 Å². The Morgan fingerprint density at radius 1 is 1.34 bits per heavy atom. The summed E-state index contributed by atoms with van der Waals surface area (Å²) in [5, 5.41) is 52.1. The molecule has 0 saturated carbocycles. The van der Waals surface area contributed by atoms with Crippen LogP contribution in [0.4, 0.5) is 0 Å². The molecule has 0 spiro atoms. The third-order valence-corrected chi connectivity index (χ3v) is 6.15. The predicted octanol–water partition coefficient (Wildman–Crippen LogP) is -4.33. The van der Waals surface area contributed by atoms with Crippen LogP contribution in [0.2, 0.25) is 0 Å². The topological polar surface area (TPSA) is 187 Å². The van der Waals surface area contributed by atoms with Crippen molar-refractivity contribution in [3.63, 3.8) is 0 Å². The van der Waals surface area contributed by atoms with Gasteiger partial charge in [0.15, 0.2) is 5.16 Å². The lowest BCUT2D eigenvalue weighted by molar-refractivity contribution is -0.889. The molecule has 8 atom stereocenters. The number of H-pyrrole nitrogens is 1. The molecule has 2 heterocycles. The summed E-state index contributed by atoms with van der Waals surface area (Å²) in [7, 11) is 5.26. The van der Waals surface area contributed by atoms with E-state index in [-0.39, 0.29) is 10.9 Å². The van der Waals surface area contributed by atoms with Gasteiger partial charge in [-0.2, -0.15) is 0 Å². The molecule has 1 fully saturated rings. The van der Waals surface area contributed by atoms with Gasteiger partial charge in [-0.05, 0) is 6.92 Å². The Morgan fingerprint density at radius 3 is 2.48 bits per heavy atom. The predicted molar refractivity (Wildman–Crippen MR) is 100 cm³/mol. The van der Waals surface area contributed by atoms with Crippen molar-refractivity contribution < 1.29 is 45.3 Å². The Labute approximate surface area is 173 Å². The van der Waals surface area contributed by atoms with Crippen molar-refractivity contribution >= 4 is 17.7 Å². The molecule has 1 aliphatic rings. The molecule has 0 aliphatic carbocycles. The van der Waals surface area contributed by atoms with Gasteiger partial charge in [-0.25, -0.2) is 4.98 Å². The number of rotatable bonds is 8. The molecule has 29 heavy (non-hydrogen) atoms. The zero-order valence-electron chi connectivity index (χ0n) is 16.9. The fraction of sp³-hybridized carbons (Fsp3) is 0.765. The average molecular weight is 436 g/mol. The summed E-state index contributed by atoms with van der Waals surface area (Å²) in [6, 6.07) is -1.51. The van der Waals surface area contributed by atoms with Crippen LogP contribution in [0.25, 0.3) is 0 Å². The van der Waals surface area contributed by atoms with Gasteiger partial charge >= 0.3 is 0 Å². The monoisotopic (exact) mass is 435 g/mol. The van der Waals surface area contributed by atoms with E-state index < -0.39 is 54.0 Å². The van der Waals surface area contributed by atoms with Crippen molar-refractivity contribution in [2.75, 3.05) is 21.1 Å². The Hall–Kier alpha value is -1.25. The van der Waals surface area contributed by atoms with Crippen LogP contribution in [0.3, 0.4) is 0 Å². The minimum atomic E-state index is -1.48. The van der Waals surface area contributed by atoms with Crippen LogP contribution >= 0.6 is 11.8 Å². The molecule has 2 rings (SSSR count). The first-order valence-corrected chi connectivity index (χ1v) is 10.1. The number of aliphatic hydroxyl groups is 4. The van der Waals surface area contributed by atoms with Crippen LogP contribution in [-0.2, 0) is 16.0 Å². The maximum Gasteiger partial charge on any atom is 0.168 e. The molecule has 1 aromatic heterocycles. The number of aromatic nitrogens is 2. The number of aliphatic hydroxyl groups excluding tert-OH is 4. The second kappa shape index (κ2) is 9.27. The first-order chi connectivity index (χ1) is 13.3. The number of aromatic amines is 1. The van der Waals surface area contributed by atoms with Crippen LogP contribution < -0.4 is 10.8 Å². The lowest BCUT2D eigenvalue weighted by Crippen LogP contribution is -2.76. The number of carbonyl (C=O) groups excluding carboxylic acids is 1. The van der Waals surface area contributed by atoms with Gasteiger partial charge in [0.05, 0.1) is 27.1 Å². The number of hydrogen-bond acceptors (Lipinski definition) is 9. The maximum atomic E-state index is 11.4. The highest BCUT2D eigenvalue weighted by Gasteiger charge is 2.48. The van der Waals surface area contributed by atoms with E-state index >= 15 is 0 Å². The van der Waals surface area contributed by atoms with Gasteiger partial charge in [0.1, 0.15) is 48.0 Å². The molecule has 8 N–H and O–H groups in total. The number of carbonyl (C=O) groups is 1. The first-order valence-electron chi connectivity index (χ1n) is 9.26. The van der Waals surface area contributed by atoms with E-state index in [0.29, 0.717) is 10.9 Å². The number of likely N-dealkylation sites (N-methyl/N-ethyl adjacent to an activating group) is 1. The zero-order chi connectivity index (χ0) is 22.1. The van der Waals surface area contributed by atoms with Gasteiger partial charge in [-0.15, -0.1) is 0 Å². The van der Waals surface area contributed by atoms with Crippen LogP contribution in [-0.4, -0.2) is 110 Å². The number of ether oxygens (including phenoxy) is 1. The van der Waals surface area contributed by atoms with Crippen LogP contribution in [0, 0.1) is 0 Å². The molecule has 0 unspecified atom stereocenters. The van der Waals surface area contributed by atoms with E-state index in [1.54, 1.807) is 21.1 Å². The van der Waals surface area contributed by atoms with Crippen molar-refractivity contribution in [1.82, 2.24) is 9.97 Å². The molecule has 0 aromatic carbocycles. The number of carboxylic acids is 1. The van der Waals surface area contributed by atoms with Gasteiger partial charge in [0, 0.05) is 18.3 Å². The summed E-state index contributed by atoms with van der Waals surface area (Å²) >= 11 is 0.988. The van der Waals surface area contributed by atoms with Crippen molar-refractivity contribution in [1.29, 1.82) is 0 Å². The van der Waals surface area contributed by atoms with E-state index in [2.05, 4.69) is 15.7 Å². The molecule has 0 amide bonds. The molecule has 1 saturated heterocycles. The molecule has 12 heteroatoms. The number of thioether (sulfide) groups is 1. The van der Waals surface area contributed by atoms with Gasteiger partial charge < -0.3 is 50.3 Å². The largest absolute Gasteiger partial charge is 0.544 e. The second-order valence-electron chi connectivity index (χ2n) is 8.33. The highest BCUT2D eigenvalue weighted by Crippen LogP contribution is 2.33. The summed E-state index contributed by atoms with van der Waals surface area (Å²) in [6.07, 6.45) is -4.50. The SMILES string of the molecule is C[C@@H](O)[C@@H]([NH3+])[C@H]1O[C@H](Sc2ncc(C[C@@H](C(=O)[O-])[N+](C)(C)C)[nH]2)[C@H](O)[C@@H](O)[C@H]1O. The molecule has 1 aromatic rings. The first kappa shape index (κ1) is 24.0. The van der Waals surface area contributed by atoms with Gasteiger partial charge in [0.25, 0.3) is 0 Å². The lowest BCUT2D eigenvalue weighted by Gasteiger charge is -2.41. The normalized spacial score (nSPS) is 31.3. The lowest BCUT2D eigenvalue weighted by atomic mass is 9.93. The van der Waals surface area contributed by atoms with Crippen LogP contribution in [0.1, 0.15) is 12.6 Å². The molecule has 0 radical (unpaired) electrons. The smallest absolute Gasteiger partial charge is 0.168 e. The quantitative estimate of drug-likeness (QED) is 0.219. The Bertz CT molecular complexity index is 696. The summed E-state index contributed by atoms with van der Waals surface area (Å²) in [5.41, 5.74) is 3.35. The number of imidazole rings is 1. The number of nitrogens with zero attached hydrogens (tertiary/aromatic N) is 2. The number of carboxylic acid groups (broad SMARTS) is 1. The summed E-state index contributed by atoms with van der Waals surface area (Å²) in [4.78, 5) is 18.6. The maximum absolute atomic E-state index is 11.4. The number of quaternary nitrogens is 2. The van der Waals surface area contributed by atoms with Crippen molar-refractivity contribution in [2.24, 2.45) is 0 Å². The summed E-state index contributed by atoms with van der Waals surface area (Å²) in [6.45, 7) is 1.49. The highest BCUT2D eigenvalue weighted by molar-refractivity contribution is 7.99. The summed E-state index contributed by atoms with van der Waals surface area (Å²) < 4.78 is 5.88. The Balaban J connectivity index is 2.12. The van der Waals surface area contributed by atoms with Crippen molar-refractivity contribution in [2.45, 2.75) is 66.5 Å². The Kier molecular flexibility index (Phi) is 7.68. The third-order valence-electron chi connectivity index (χ3n) is 5.10. The van der Waals surface area contributed by atoms with Crippen LogP contribution in [0.15, 0.2) is 11.4 Å². The fourth-order valence-electron chi connectivity index (χ4n) is 3.09.